The Morgan fingerprint density at radius 2 is 2.25 bits per heavy atom. The molecule has 7 nitrogen and oxygen atoms in total. The zero-order valence-electron chi connectivity index (χ0n) is 10.8. The highest BCUT2D eigenvalue weighted by Gasteiger charge is 2.27. The van der Waals surface area contributed by atoms with Crippen LogP contribution in [-0.2, 0) is 4.79 Å². The highest BCUT2D eigenvalue weighted by Crippen LogP contribution is 2.21. The van der Waals surface area contributed by atoms with Crippen LogP contribution in [0.5, 0.6) is 0 Å². The lowest BCUT2D eigenvalue weighted by molar-refractivity contribution is -0.120. The fourth-order valence-corrected chi connectivity index (χ4v) is 2.71. The summed E-state index contributed by atoms with van der Waals surface area (Å²) in [6.07, 6.45) is 5.25. The number of nitrogens with one attached hydrogen (secondary N) is 1. The SMILES string of the molecule is O=C(Nc1nncs1)[C@@H]1CCCN(c2ncccn2)C1. The zero-order valence-corrected chi connectivity index (χ0v) is 11.6. The van der Waals surface area contributed by atoms with E-state index in [0.29, 0.717) is 17.6 Å². The lowest BCUT2D eigenvalue weighted by atomic mass is 9.97. The molecule has 0 unspecified atom stereocenters. The van der Waals surface area contributed by atoms with Gasteiger partial charge in [0.25, 0.3) is 0 Å². The standard InChI is InChI=1S/C12H14N6OS/c19-10(16-12-17-15-8-20-12)9-3-1-6-18(7-9)11-13-4-2-5-14-11/h2,4-5,8-9H,1,3,6-7H2,(H,16,17,19)/t9-/m1/s1. The van der Waals surface area contributed by atoms with E-state index in [1.807, 2.05) is 4.90 Å². The van der Waals surface area contributed by atoms with Crippen LogP contribution < -0.4 is 10.2 Å². The maximum absolute atomic E-state index is 12.2. The highest BCUT2D eigenvalue weighted by molar-refractivity contribution is 7.13. The zero-order chi connectivity index (χ0) is 13.8. The van der Waals surface area contributed by atoms with Crippen LogP contribution in [0, 0.1) is 5.92 Å². The Morgan fingerprint density at radius 3 is 3.00 bits per heavy atom. The van der Waals surface area contributed by atoms with Crippen LogP contribution in [0.1, 0.15) is 12.8 Å². The van der Waals surface area contributed by atoms with Crippen LogP contribution >= 0.6 is 11.3 Å². The lowest BCUT2D eigenvalue weighted by Gasteiger charge is -2.31. The minimum atomic E-state index is -0.0727. The molecule has 20 heavy (non-hydrogen) atoms. The van der Waals surface area contributed by atoms with Crippen molar-refractivity contribution < 1.29 is 4.79 Å². The predicted octanol–water partition coefficient (Wildman–Crippen LogP) is 1.18. The number of carbonyl (C=O) groups is 1. The molecule has 0 aromatic carbocycles. The molecule has 0 aliphatic carbocycles. The molecule has 0 spiro atoms. The third kappa shape index (κ3) is 2.90. The highest BCUT2D eigenvalue weighted by atomic mass is 32.1. The number of nitrogens with zero attached hydrogens (tertiary/aromatic N) is 5. The molecule has 3 heterocycles. The van der Waals surface area contributed by atoms with Crippen molar-refractivity contribution in [2.24, 2.45) is 5.92 Å². The van der Waals surface area contributed by atoms with Gasteiger partial charge in [0.05, 0.1) is 5.92 Å². The molecule has 2 aromatic rings. The Bertz CT molecular complexity index is 561. The third-order valence-corrected chi connectivity index (χ3v) is 3.82. The number of aromatic nitrogens is 4. The predicted molar refractivity (Wildman–Crippen MR) is 75.5 cm³/mol. The largest absolute Gasteiger partial charge is 0.340 e. The molecule has 0 radical (unpaired) electrons. The Morgan fingerprint density at radius 1 is 1.40 bits per heavy atom. The maximum atomic E-state index is 12.2. The minimum Gasteiger partial charge on any atom is -0.340 e. The molecule has 3 rings (SSSR count). The summed E-state index contributed by atoms with van der Waals surface area (Å²) in [5, 5.41) is 10.9. The fourth-order valence-electron chi connectivity index (χ4n) is 2.26. The van der Waals surface area contributed by atoms with E-state index in [2.05, 4.69) is 25.5 Å². The lowest BCUT2D eigenvalue weighted by Crippen LogP contribution is -2.41. The first-order chi connectivity index (χ1) is 9.83. The first-order valence-electron chi connectivity index (χ1n) is 6.42. The Kier molecular flexibility index (Phi) is 3.82. The molecule has 1 atom stereocenters. The van der Waals surface area contributed by atoms with Gasteiger partial charge in [0.1, 0.15) is 5.51 Å². The number of rotatable bonds is 3. The molecule has 1 saturated heterocycles. The number of carbonyl (C=O) groups excluding carboxylic acids is 1. The summed E-state index contributed by atoms with van der Waals surface area (Å²) in [6, 6.07) is 1.78. The van der Waals surface area contributed by atoms with Crippen molar-refractivity contribution in [1.82, 2.24) is 20.2 Å². The van der Waals surface area contributed by atoms with Gasteiger partial charge in [-0.1, -0.05) is 11.3 Å². The molecular weight excluding hydrogens is 276 g/mol. The van der Waals surface area contributed by atoms with Crippen molar-refractivity contribution in [3.05, 3.63) is 24.0 Å². The second-order valence-corrected chi connectivity index (χ2v) is 5.40. The summed E-state index contributed by atoms with van der Waals surface area (Å²) in [7, 11) is 0. The molecule has 1 amide bonds. The Labute approximate surface area is 120 Å². The van der Waals surface area contributed by atoms with Crippen LogP contribution in [0.2, 0.25) is 0 Å². The van der Waals surface area contributed by atoms with Crippen molar-refractivity contribution in [3.8, 4) is 0 Å². The van der Waals surface area contributed by atoms with Gasteiger partial charge >= 0.3 is 0 Å². The van der Waals surface area contributed by atoms with Crippen LogP contribution in [0.3, 0.4) is 0 Å². The second kappa shape index (κ2) is 5.91. The van der Waals surface area contributed by atoms with Gasteiger partial charge in [-0.3, -0.25) is 4.79 Å². The molecular formula is C12H14N6OS. The summed E-state index contributed by atoms with van der Waals surface area (Å²) in [5.41, 5.74) is 1.60. The van der Waals surface area contributed by atoms with Crippen LogP contribution in [0.4, 0.5) is 11.1 Å². The van der Waals surface area contributed by atoms with E-state index < -0.39 is 0 Å². The Balaban J connectivity index is 1.64. The number of amides is 1. The van der Waals surface area contributed by atoms with Gasteiger partial charge in [0, 0.05) is 25.5 Å². The molecule has 0 bridgehead atoms. The molecule has 2 aromatic heterocycles. The summed E-state index contributed by atoms with van der Waals surface area (Å²) >= 11 is 1.32. The molecule has 104 valence electrons. The van der Waals surface area contributed by atoms with E-state index in [1.54, 1.807) is 24.0 Å². The molecule has 1 aliphatic heterocycles. The summed E-state index contributed by atoms with van der Waals surface area (Å²) in [4.78, 5) is 22.7. The average molecular weight is 290 g/mol. The average Bonchev–Trinajstić information content (AvgIpc) is 3.01. The summed E-state index contributed by atoms with van der Waals surface area (Å²) in [5.74, 6) is 0.597. The van der Waals surface area contributed by atoms with Crippen LogP contribution in [0.25, 0.3) is 0 Å². The Hall–Kier alpha value is -2.09. The number of hydrogen-bond donors (Lipinski definition) is 1. The van der Waals surface area contributed by atoms with Gasteiger partial charge in [-0.05, 0) is 18.9 Å². The number of anilines is 2. The first kappa shape index (κ1) is 12.9. The first-order valence-corrected chi connectivity index (χ1v) is 7.30. The van der Waals surface area contributed by atoms with Crippen molar-refractivity contribution >= 4 is 28.3 Å². The van der Waals surface area contributed by atoms with E-state index in [-0.39, 0.29) is 11.8 Å². The quantitative estimate of drug-likeness (QED) is 0.914. The maximum Gasteiger partial charge on any atom is 0.231 e. The second-order valence-electron chi connectivity index (χ2n) is 4.57. The number of piperidine rings is 1. The van der Waals surface area contributed by atoms with Crippen molar-refractivity contribution in [2.45, 2.75) is 12.8 Å². The van der Waals surface area contributed by atoms with E-state index in [9.17, 15) is 4.79 Å². The minimum absolute atomic E-state index is 0.0117. The normalized spacial score (nSPS) is 18.8. The van der Waals surface area contributed by atoms with E-state index in [0.717, 1.165) is 19.4 Å². The van der Waals surface area contributed by atoms with Gasteiger partial charge in [-0.25, -0.2) is 9.97 Å². The molecule has 1 fully saturated rings. The van der Waals surface area contributed by atoms with Crippen LogP contribution in [0.15, 0.2) is 24.0 Å². The summed E-state index contributed by atoms with van der Waals surface area (Å²) < 4.78 is 0. The molecule has 0 saturated carbocycles. The van der Waals surface area contributed by atoms with E-state index in [4.69, 9.17) is 0 Å². The molecule has 1 N–H and O–H groups in total. The van der Waals surface area contributed by atoms with Gasteiger partial charge in [-0.2, -0.15) is 0 Å². The van der Waals surface area contributed by atoms with Crippen molar-refractivity contribution in [3.63, 3.8) is 0 Å². The van der Waals surface area contributed by atoms with Crippen LogP contribution in [-0.4, -0.2) is 39.2 Å². The monoisotopic (exact) mass is 290 g/mol. The van der Waals surface area contributed by atoms with Gasteiger partial charge in [0.15, 0.2) is 0 Å². The molecule has 8 heteroatoms. The smallest absolute Gasteiger partial charge is 0.231 e. The molecule has 1 aliphatic rings. The van der Waals surface area contributed by atoms with Gasteiger partial charge in [-0.15, -0.1) is 10.2 Å². The third-order valence-electron chi connectivity index (χ3n) is 3.22. The van der Waals surface area contributed by atoms with E-state index in [1.165, 1.54) is 11.3 Å². The van der Waals surface area contributed by atoms with Gasteiger partial charge < -0.3 is 10.2 Å². The van der Waals surface area contributed by atoms with Crippen molar-refractivity contribution in [1.29, 1.82) is 0 Å². The van der Waals surface area contributed by atoms with Gasteiger partial charge in [0.2, 0.25) is 17.0 Å². The fraction of sp³-hybridized carbons (Fsp3) is 0.417. The topological polar surface area (TPSA) is 83.9 Å². The van der Waals surface area contributed by atoms with Crippen molar-refractivity contribution in [2.75, 3.05) is 23.3 Å². The summed E-state index contributed by atoms with van der Waals surface area (Å²) in [6.45, 7) is 1.52. The van der Waals surface area contributed by atoms with E-state index >= 15 is 0 Å². The number of hydrogen-bond acceptors (Lipinski definition) is 7.